The molecule has 0 aliphatic heterocycles. The summed E-state index contributed by atoms with van der Waals surface area (Å²) in [4.78, 5) is 25.6. The number of carbonyl (C=O) groups excluding carboxylic acids is 2. The summed E-state index contributed by atoms with van der Waals surface area (Å²) in [5.41, 5.74) is 0.0752. The molecule has 3 nitrogen and oxygen atoms in total. The van der Waals surface area contributed by atoms with Crippen LogP contribution >= 0.6 is 58.0 Å². The molecular formula is C24H13Cl5F3NO2. The highest BCUT2D eigenvalue weighted by atomic mass is 35.5. The quantitative estimate of drug-likeness (QED) is 0.237. The zero-order chi connectivity index (χ0) is 25.7. The van der Waals surface area contributed by atoms with Crippen LogP contribution in [-0.4, -0.2) is 16.0 Å². The van der Waals surface area contributed by atoms with Gasteiger partial charge < -0.3 is 5.32 Å². The Balaban J connectivity index is 1.53. The van der Waals surface area contributed by atoms with Gasteiger partial charge in [-0.25, -0.2) is 13.2 Å². The van der Waals surface area contributed by atoms with Crippen LogP contribution in [0.15, 0.2) is 48.5 Å². The van der Waals surface area contributed by atoms with E-state index in [-0.39, 0.29) is 16.3 Å². The molecule has 2 atom stereocenters. The van der Waals surface area contributed by atoms with Crippen molar-refractivity contribution in [3.63, 3.8) is 0 Å². The smallest absolute Gasteiger partial charge is 0.231 e. The average Bonchev–Trinajstić information content (AvgIpc) is 3.33. The van der Waals surface area contributed by atoms with E-state index >= 15 is 0 Å². The van der Waals surface area contributed by atoms with Crippen molar-refractivity contribution in [1.29, 1.82) is 0 Å². The molecule has 35 heavy (non-hydrogen) atoms. The lowest BCUT2D eigenvalue weighted by Crippen LogP contribution is -2.17. The van der Waals surface area contributed by atoms with E-state index in [1.165, 1.54) is 24.3 Å². The maximum absolute atomic E-state index is 14.0. The normalized spacial score (nSPS) is 18.3. The van der Waals surface area contributed by atoms with E-state index in [1.807, 2.05) is 0 Å². The second kappa shape index (κ2) is 9.83. The van der Waals surface area contributed by atoms with E-state index in [4.69, 9.17) is 58.0 Å². The minimum Gasteiger partial charge on any atom is -0.326 e. The molecule has 0 bridgehead atoms. The predicted octanol–water partition coefficient (Wildman–Crippen LogP) is 8.02. The summed E-state index contributed by atoms with van der Waals surface area (Å²) < 4.78 is 39.7. The topological polar surface area (TPSA) is 46.2 Å². The van der Waals surface area contributed by atoms with E-state index < -0.39 is 57.3 Å². The number of ketones is 1. The zero-order valence-corrected chi connectivity index (χ0v) is 21.1. The number of Topliss-reactive ketones (excluding diaryl/α,β-unsaturated/α-hetero) is 1. The van der Waals surface area contributed by atoms with E-state index in [0.717, 1.165) is 0 Å². The lowest BCUT2D eigenvalue weighted by atomic mass is 10.0. The van der Waals surface area contributed by atoms with Gasteiger partial charge in [0.05, 0.1) is 10.9 Å². The highest BCUT2D eigenvalue weighted by Gasteiger charge is 2.67. The van der Waals surface area contributed by atoms with Crippen molar-refractivity contribution in [3.05, 3.63) is 97.7 Å². The van der Waals surface area contributed by atoms with Crippen LogP contribution in [-0.2, 0) is 11.2 Å². The van der Waals surface area contributed by atoms with Gasteiger partial charge in [0.2, 0.25) is 5.91 Å². The number of amides is 1. The maximum Gasteiger partial charge on any atom is 0.231 e. The number of hydrogen-bond donors (Lipinski definition) is 1. The zero-order valence-electron chi connectivity index (χ0n) is 17.3. The van der Waals surface area contributed by atoms with E-state index in [1.54, 1.807) is 12.1 Å². The van der Waals surface area contributed by atoms with Crippen molar-refractivity contribution in [2.75, 3.05) is 5.32 Å². The van der Waals surface area contributed by atoms with Gasteiger partial charge in [-0.15, -0.1) is 23.2 Å². The molecule has 0 spiro atoms. The van der Waals surface area contributed by atoms with Crippen LogP contribution in [0.3, 0.4) is 0 Å². The fourth-order valence-electron chi connectivity index (χ4n) is 3.86. The summed E-state index contributed by atoms with van der Waals surface area (Å²) >= 11 is 30.9. The van der Waals surface area contributed by atoms with Crippen molar-refractivity contribution < 1.29 is 22.8 Å². The molecule has 2 unspecified atom stereocenters. The third-order valence-electron chi connectivity index (χ3n) is 5.56. The number of alkyl halides is 2. The molecular weight excluding hydrogens is 569 g/mol. The van der Waals surface area contributed by atoms with Crippen LogP contribution in [0.2, 0.25) is 15.1 Å². The lowest BCUT2D eigenvalue weighted by molar-refractivity contribution is -0.117. The number of rotatable bonds is 6. The maximum atomic E-state index is 14.0. The van der Waals surface area contributed by atoms with E-state index in [9.17, 15) is 22.8 Å². The first-order valence-corrected chi connectivity index (χ1v) is 11.9. The first kappa shape index (κ1) is 26.1. The fraction of sp³-hybridized carbons (Fsp3) is 0.167. The van der Waals surface area contributed by atoms with Crippen LogP contribution in [0.1, 0.15) is 27.4 Å². The number of hydrogen-bond acceptors (Lipinski definition) is 2. The number of halogens is 8. The number of benzene rings is 3. The van der Waals surface area contributed by atoms with Crippen molar-refractivity contribution in [3.8, 4) is 0 Å². The van der Waals surface area contributed by atoms with Gasteiger partial charge in [-0.05, 0) is 42.0 Å². The largest absolute Gasteiger partial charge is 0.326 e. The van der Waals surface area contributed by atoms with Gasteiger partial charge in [-0.2, -0.15) is 0 Å². The third kappa shape index (κ3) is 5.42. The average molecular weight is 582 g/mol. The Kier molecular flexibility index (Phi) is 7.33. The molecule has 1 saturated carbocycles. The highest BCUT2D eigenvalue weighted by Crippen LogP contribution is 2.65. The predicted molar refractivity (Wildman–Crippen MR) is 132 cm³/mol. The number of carbonyl (C=O) groups is 2. The summed E-state index contributed by atoms with van der Waals surface area (Å²) in [6.07, 6.45) is -0.707. The fourth-order valence-corrected chi connectivity index (χ4v) is 5.45. The van der Waals surface area contributed by atoms with Gasteiger partial charge in [0.1, 0.15) is 21.8 Å². The Morgan fingerprint density at radius 3 is 2.09 bits per heavy atom. The van der Waals surface area contributed by atoms with Crippen LogP contribution < -0.4 is 5.32 Å². The van der Waals surface area contributed by atoms with Gasteiger partial charge in [0, 0.05) is 51.3 Å². The standard InChI is InChI=1S/C24H13Cl5F3NO2/c25-11-3-10(4-12(26)5-11)21-22(24(21,28)29)23(35)33-14-1-2-17(27)15(8-14)20(34)9-16-18(31)6-13(30)7-19(16)32/h1-8,21-22H,9H2,(H,33,35). The number of anilines is 1. The lowest BCUT2D eigenvalue weighted by Gasteiger charge is -2.10. The summed E-state index contributed by atoms with van der Waals surface area (Å²) in [7, 11) is 0. The molecule has 3 aromatic rings. The Labute approximate surface area is 223 Å². The summed E-state index contributed by atoms with van der Waals surface area (Å²) in [6.45, 7) is 0. The van der Waals surface area contributed by atoms with Crippen molar-refractivity contribution in [2.24, 2.45) is 5.92 Å². The molecule has 11 heteroatoms. The summed E-state index contributed by atoms with van der Waals surface area (Å²) in [6, 6.07) is 9.76. The molecule has 1 amide bonds. The minimum atomic E-state index is -1.42. The molecule has 4 rings (SSSR count). The van der Waals surface area contributed by atoms with Gasteiger partial charge >= 0.3 is 0 Å². The van der Waals surface area contributed by atoms with Crippen LogP contribution in [0.4, 0.5) is 18.9 Å². The summed E-state index contributed by atoms with van der Waals surface area (Å²) in [5, 5.41) is 3.34. The SMILES string of the molecule is O=C(Cc1c(F)cc(F)cc1F)c1cc(NC(=O)C2C(c3cc(Cl)cc(Cl)c3)C2(Cl)Cl)ccc1Cl. The molecule has 1 N–H and O–H groups in total. The van der Waals surface area contributed by atoms with Crippen LogP contribution in [0, 0.1) is 23.4 Å². The van der Waals surface area contributed by atoms with Crippen LogP contribution in [0.25, 0.3) is 0 Å². The van der Waals surface area contributed by atoms with Crippen molar-refractivity contribution in [2.45, 2.75) is 16.7 Å². The van der Waals surface area contributed by atoms with Gasteiger partial charge in [0.15, 0.2) is 5.78 Å². The molecule has 182 valence electrons. The second-order valence-electron chi connectivity index (χ2n) is 7.96. The molecule has 0 radical (unpaired) electrons. The monoisotopic (exact) mass is 579 g/mol. The van der Waals surface area contributed by atoms with Gasteiger partial charge in [0.25, 0.3) is 0 Å². The molecule has 0 aromatic heterocycles. The highest BCUT2D eigenvalue weighted by molar-refractivity contribution is 6.53. The molecule has 0 saturated heterocycles. The summed E-state index contributed by atoms with van der Waals surface area (Å²) in [5.74, 6) is -6.20. The first-order valence-electron chi connectivity index (χ1n) is 9.99. The Bertz CT molecular complexity index is 1320. The second-order valence-corrected chi connectivity index (χ2v) is 10.7. The molecule has 1 fully saturated rings. The van der Waals surface area contributed by atoms with Crippen LogP contribution in [0.5, 0.6) is 0 Å². The molecule has 0 heterocycles. The van der Waals surface area contributed by atoms with Crippen molar-refractivity contribution >= 4 is 75.4 Å². The Morgan fingerprint density at radius 2 is 1.49 bits per heavy atom. The molecule has 1 aliphatic rings. The van der Waals surface area contributed by atoms with Gasteiger partial charge in [-0.1, -0.05) is 34.8 Å². The van der Waals surface area contributed by atoms with E-state index in [0.29, 0.717) is 27.7 Å². The van der Waals surface area contributed by atoms with E-state index in [2.05, 4.69) is 5.32 Å². The Morgan fingerprint density at radius 1 is 0.886 bits per heavy atom. The Hall–Kier alpha value is -1.96. The minimum absolute atomic E-state index is 0.00201. The molecule has 1 aliphatic carbocycles. The first-order chi connectivity index (χ1) is 16.4. The van der Waals surface area contributed by atoms with Gasteiger partial charge in [-0.3, -0.25) is 9.59 Å². The molecule has 3 aromatic carbocycles. The van der Waals surface area contributed by atoms with Crippen molar-refractivity contribution in [1.82, 2.24) is 0 Å². The number of nitrogens with one attached hydrogen (secondary N) is 1. The third-order valence-corrected chi connectivity index (χ3v) is 7.26.